The maximum Gasteiger partial charge on any atom is 0.422 e. The topological polar surface area (TPSA) is 69.5 Å². The summed E-state index contributed by atoms with van der Waals surface area (Å²) < 4.78 is 44.0. The lowest BCUT2D eigenvalue weighted by molar-refractivity contribution is -0.153. The van der Waals surface area contributed by atoms with E-state index >= 15 is 0 Å². The molecule has 0 bridgehead atoms. The zero-order valence-electron chi connectivity index (χ0n) is 18.0. The number of hydrogen-bond donors (Lipinski definition) is 0. The van der Waals surface area contributed by atoms with Gasteiger partial charge in [-0.2, -0.15) is 13.2 Å². The van der Waals surface area contributed by atoms with E-state index in [1.165, 1.54) is 24.0 Å². The van der Waals surface area contributed by atoms with E-state index in [0.29, 0.717) is 39.6 Å². The molecule has 0 N–H and O–H groups in total. The Morgan fingerprint density at radius 1 is 1.19 bits per heavy atom. The molecule has 11 heteroatoms. The summed E-state index contributed by atoms with van der Waals surface area (Å²) in [7, 11) is 0. The third-order valence-electron chi connectivity index (χ3n) is 4.15. The average molecular weight is 469 g/mol. The first kappa shape index (κ1) is 23.9. The van der Waals surface area contributed by atoms with Gasteiger partial charge in [-0.25, -0.2) is 14.5 Å². The second-order valence-corrected chi connectivity index (χ2v) is 8.82. The van der Waals surface area contributed by atoms with Crippen LogP contribution in [0.5, 0.6) is 5.75 Å². The molecule has 0 aliphatic rings. The lowest BCUT2D eigenvalue weighted by Crippen LogP contribution is -2.40. The summed E-state index contributed by atoms with van der Waals surface area (Å²) in [6.45, 7) is 5.72. The van der Waals surface area contributed by atoms with Crippen LogP contribution < -0.4 is 9.91 Å². The Labute approximate surface area is 187 Å². The number of hydrogen-bond acceptors (Lipinski definition) is 6. The maximum atomic E-state index is 12.5. The van der Waals surface area contributed by atoms with Crippen molar-refractivity contribution < 1.29 is 27.5 Å². The number of carbonyl (C=O) groups is 1. The van der Waals surface area contributed by atoms with Crippen molar-refractivity contribution in [2.45, 2.75) is 50.4 Å². The van der Waals surface area contributed by atoms with E-state index in [2.05, 4.69) is 9.97 Å². The smallest absolute Gasteiger partial charge is 0.422 e. The first-order chi connectivity index (χ1) is 15.0. The fourth-order valence-corrected chi connectivity index (χ4v) is 3.84. The van der Waals surface area contributed by atoms with Gasteiger partial charge in [0.15, 0.2) is 11.8 Å². The number of carbonyl (C=O) groups excluding carboxylic acids is 1. The quantitative estimate of drug-likeness (QED) is 0.269. The summed E-state index contributed by atoms with van der Waals surface area (Å²) in [4.78, 5) is 26.5. The molecule has 0 fully saturated rings. The van der Waals surface area contributed by atoms with Gasteiger partial charge in [-0.05, 0) is 45.9 Å². The Balaban J connectivity index is 1.89. The number of aromatic nitrogens is 3. The fraction of sp³-hybridized carbons (Fsp3) is 0.381. The van der Waals surface area contributed by atoms with Gasteiger partial charge in [0, 0.05) is 17.5 Å². The predicted octanol–water partition coefficient (Wildman–Crippen LogP) is 4.80. The average Bonchev–Trinajstić information content (AvgIpc) is 3.07. The van der Waals surface area contributed by atoms with Crippen LogP contribution in [0.2, 0.25) is 0 Å². The van der Waals surface area contributed by atoms with Crippen molar-refractivity contribution in [1.29, 1.82) is 0 Å². The van der Waals surface area contributed by atoms with E-state index in [-0.39, 0.29) is 5.75 Å². The number of hydroxylamine groups is 1. The molecule has 172 valence electrons. The number of benzene rings is 1. The highest BCUT2D eigenvalue weighted by Gasteiger charge is 2.29. The molecule has 3 rings (SSSR count). The van der Waals surface area contributed by atoms with Gasteiger partial charge in [-0.15, -0.1) is 5.17 Å². The lowest BCUT2D eigenvalue weighted by atomic mass is 10.2. The van der Waals surface area contributed by atoms with Gasteiger partial charge in [0.2, 0.25) is 0 Å². The van der Waals surface area contributed by atoms with Crippen LogP contribution in [-0.4, -0.2) is 39.4 Å². The van der Waals surface area contributed by atoms with Crippen molar-refractivity contribution in [1.82, 2.24) is 14.6 Å². The zero-order valence-corrected chi connectivity index (χ0v) is 18.8. The third-order valence-corrected chi connectivity index (χ3v) is 5.09. The van der Waals surface area contributed by atoms with Gasteiger partial charge < -0.3 is 4.74 Å². The molecule has 7 nitrogen and oxygen atoms in total. The number of pyridine rings is 1. The molecule has 0 aliphatic heterocycles. The van der Waals surface area contributed by atoms with Crippen LogP contribution in [0.1, 0.15) is 32.0 Å². The number of amides is 1. The third kappa shape index (κ3) is 5.92. The molecule has 0 aliphatic carbocycles. The highest BCUT2D eigenvalue weighted by atomic mass is 32.2. The van der Waals surface area contributed by atoms with Crippen LogP contribution in [0.3, 0.4) is 0 Å². The number of alkyl halides is 3. The number of ether oxygens (including phenoxy) is 1. The molecule has 1 aromatic carbocycles. The molecule has 0 saturated heterocycles. The summed E-state index contributed by atoms with van der Waals surface area (Å²) in [6.07, 6.45) is -2.47. The molecule has 3 aromatic rings. The minimum Gasteiger partial charge on any atom is -0.484 e. The lowest BCUT2D eigenvalue weighted by Gasteiger charge is -2.28. The first-order valence-corrected chi connectivity index (χ1v) is 10.7. The Morgan fingerprint density at radius 2 is 1.91 bits per heavy atom. The fourth-order valence-electron chi connectivity index (χ4n) is 2.82. The van der Waals surface area contributed by atoms with Crippen LogP contribution in [0.4, 0.5) is 13.2 Å². The van der Waals surface area contributed by atoms with E-state index < -0.39 is 18.4 Å². The van der Waals surface area contributed by atoms with Crippen molar-refractivity contribution in [3.8, 4) is 5.75 Å². The van der Waals surface area contributed by atoms with Gasteiger partial charge in [-0.3, -0.25) is 9.78 Å². The van der Waals surface area contributed by atoms with Crippen molar-refractivity contribution in [2.75, 3.05) is 11.8 Å². The molecular weight excluding hydrogens is 445 g/mol. The Hall–Kier alpha value is -2.79. The van der Waals surface area contributed by atoms with Crippen LogP contribution in [0.25, 0.3) is 11.0 Å². The molecule has 1 amide bonds. The molecule has 0 spiro atoms. The first-order valence-electron chi connectivity index (χ1n) is 9.67. The monoisotopic (exact) mass is 468 g/mol. The number of thioether (sulfide) groups is 1. The largest absolute Gasteiger partial charge is 0.484 e. The van der Waals surface area contributed by atoms with E-state index in [9.17, 15) is 18.0 Å². The van der Waals surface area contributed by atoms with Crippen LogP contribution in [0.15, 0.2) is 41.7 Å². The highest BCUT2D eigenvalue weighted by molar-refractivity contribution is 7.98. The van der Waals surface area contributed by atoms with Gasteiger partial charge in [0.1, 0.15) is 5.75 Å². The minimum atomic E-state index is -4.43. The molecule has 2 heterocycles. The van der Waals surface area contributed by atoms with Gasteiger partial charge in [0.05, 0.1) is 22.3 Å². The molecule has 0 unspecified atom stereocenters. The predicted molar refractivity (Wildman–Crippen MR) is 115 cm³/mol. The molecule has 0 radical (unpaired) electrons. The molecule has 2 aromatic heterocycles. The zero-order chi connectivity index (χ0) is 23.5. The standard InChI is InChI=1S/C21H23F3N4O3S/c1-14-16(25-10-9-18(14)30-12-21(22,23)24)11-32-19-26-15-7-5-6-8-17(15)28(19)27(13-29)31-20(2,3)4/h5-10,13H,11-12H2,1-4H3. The number of nitrogens with zero attached hydrogens (tertiary/aromatic N) is 4. The number of fused-ring (bicyclic) bond motifs is 1. The van der Waals surface area contributed by atoms with Crippen LogP contribution >= 0.6 is 11.8 Å². The number of imidazole rings is 1. The van der Waals surface area contributed by atoms with E-state index in [1.54, 1.807) is 11.6 Å². The van der Waals surface area contributed by atoms with Crippen molar-refractivity contribution in [2.24, 2.45) is 0 Å². The van der Waals surface area contributed by atoms with Gasteiger partial charge in [0.25, 0.3) is 6.41 Å². The Kier molecular flexibility index (Phi) is 6.99. The molecule has 0 saturated carbocycles. The van der Waals surface area contributed by atoms with E-state index in [1.807, 2.05) is 45.0 Å². The summed E-state index contributed by atoms with van der Waals surface area (Å²) in [6, 6.07) is 8.67. The van der Waals surface area contributed by atoms with E-state index in [0.717, 1.165) is 5.17 Å². The summed E-state index contributed by atoms with van der Waals surface area (Å²) in [5, 5.41) is 1.55. The molecule has 0 atom stereocenters. The van der Waals surface area contributed by atoms with Crippen molar-refractivity contribution in [3.63, 3.8) is 0 Å². The maximum absolute atomic E-state index is 12.5. The minimum absolute atomic E-state index is 0.118. The van der Waals surface area contributed by atoms with Gasteiger partial charge in [-0.1, -0.05) is 23.9 Å². The van der Waals surface area contributed by atoms with Gasteiger partial charge >= 0.3 is 6.18 Å². The SMILES string of the molecule is Cc1c(OCC(F)(F)F)ccnc1CSc1nc2ccccc2n1N(C=O)OC(C)(C)C. The second-order valence-electron chi connectivity index (χ2n) is 7.88. The molecule has 32 heavy (non-hydrogen) atoms. The normalized spacial score (nSPS) is 12.2. The van der Waals surface area contributed by atoms with Crippen molar-refractivity contribution >= 4 is 29.2 Å². The highest BCUT2D eigenvalue weighted by Crippen LogP contribution is 2.30. The Bertz CT molecular complexity index is 1100. The summed E-state index contributed by atoms with van der Waals surface area (Å²) in [5.74, 6) is 0.410. The Morgan fingerprint density at radius 3 is 2.56 bits per heavy atom. The summed E-state index contributed by atoms with van der Waals surface area (Å²) >= 11 is 1.27. The summed E-state index contributed by atoms with van der Waals surface area (Å²) in [5.41, 5.74) is 1.73. The van der Waals surface area contributed by atoms with Crippen LogP contribution in [0, 0.1) is 6.92 Å². The number of rotatable bonds is 8. The second kappa shape index (κ2) is 9.37. The van der Waals surface area contributed by atoms with Crippen LogP contribution in [-0.2, 0) is 15.4 Å². The molecular formula is C21H23F3N4O3S. The number of para-hydroxylation sites is 2. The number of halogens is 3. The van der Waals surface area contributed by atoms with Crippen molar-refractivity contribution in [3.05, 3.63) is 47.8 Å². The van der Waals surface area contributed by atoms with E-state index in [4.69, 9.17) is 9.57 Å².